The molecule has 5 aliphatic heterocycles. The molecule has 0 aliphatic carbocycles. The minimum absolute atomic E-state index is 0.0167. The smallest absolute Gasteiger partial charge is 0.318 e. The first-order valence-corrected chi connectivity index (χ1v) is 24.0. The number of rotatable bonds is 26. The van der Waals surface area contributed by atoms with Gasteiger partial charge in [0.05, 0.1) is 24.9 Å². The van der Waals surface area contributed by atoms with E-state index in [1.54, 1.807) is 4.90 Å². The van der Waals surface area contributed by atoms with E-state index in [9.17, 15) is 19.8 Å². The summed E-state index contributed by atoms with van der Waals surface area (Å²) in [5, 5.41) is 26.3. The van der Waals surface area contributed by atoms with Gasteiger partial charge in [-0.05, 0) is 97.1 Å². The van der Waals surface area contributed by atoms with Crippen molar-refractivity contribution in [1.29, 1.82) is 0 Å². The summed E-state index contributed by atoms with van der Waals surface area (Å²) < 4.78 is 19.4. The van der Waals surface area contributed by atoms with Gasteiger partial charge in [0.15, 0.2) is 17.4 Å². The topological polar surface area (TPSA) is 185 Å². The zero-order valence-electron chi connectivity index (χ0n) is 36.9. The quantitative estimate of drug-likeness (QED) is 0.0363. The molecule has 8 atom stereocenters. The SMILES string of the molecule is CC[C@@H]1C=CCC[C@]2(C[C@H]3CC[C@@]4(O)[C@@H](C(=O)OCCCCCCCCCCCCCCCCC(=O)N(CCCN)C[C@H](O)CCN)[C@@]5(CCC[C@H](C)O5)N=C(N2)N34)O1. The Balaban J connectivity index is 0.946. The van der Waals surface area contributed by atoms with Crippen molar-refractivity contribution >= 4 is 17.8 Å². The van der Waals surface area contributed by atoms with Gasteiger partial charge in [0.25, 0.3) is 0 Å². The minimum Gasteiger partial charge on any atom is -0.465 e. The molecule has 2 spiro atoms. The number of allylic oxidation sites excluding steroid dienone is 1. The lowest BCUT2D eigenvalue weighted by Crippen LogP contribution is -2.75. The third-order valence-corrected chi connectivity index (χ3v) is 13.5. The Bertz CT molecular complexity index is 1350. The predicted molar refractivity (Wildman–Crippen MR) is 232 cm³/mol. The number of nitrogens with one attached hydrogen (secondary N) is 1. The summed E-state index contributed by atoms with van der Waals surface area (Å²) in [5.41, 5.74) is 8.03. The van der Waals surface area contributed by atoms with Gasteiger partial charge in [0, 0.05) is 32.0 Å². The number of hydrogen-bond acceptors (Lipinski definition) is 12. The van der Waals surface area contributed by atoms with Gasteiger partial charge >= 0.3 is 5.97 Å². The second kappa shape index (κ2) is 23.8. The fourth-order valence-electron chi connectivity index (χ4n) is 10.4. The van der Waals surface area contributed by atoms with Gasteiger partial charge in [-0.15, -0.1) is 0 Å². The average Bonchev–Trinajstić information content (AvgIpc) is 3.41. The van der Waals surface area contributed by atoms with E-state index in [0.29, 0.717) is 64.4 Å². The maximum atomic E-state index is 14.1. The highest BCUT2D eigenvalue weighted by atomic mass is 16.6. The molecule has 0 radical (unpaired) electrons. The predicted octanol–water partition coefficient (Wildman–Crippen LogP) is 6.53. The molecule has 5 aliphatic rings. The second-order valence-corrected chi connectivity index (χ2v) is 18.4. The minimum atomic E-state index is -1.43. The van der Waals surface area contributed by atoms with Gasteiger partial charge < -0.3 is 51.0 Å². The number of amides is 1. The monoisotopic (exact) mass is 831 g/mol. The number of aliphatic hydroxyl groups is 2. The van der Waals surface area contributed by atoms with Crippen molar-refractivity contribution in [3.8, 4) is 0 Å². The lowest BCUT2D eigenvalue weighted by Gasteiger charge is -2.58. The molecule has 3 fully saturated rings. The third kappa shape index (κ3) is 13.1. The zero-order chi connectivity index (χ0) is 42.1. The first-order chi connectivity index (χ1) is 28.6. The van der Waals surface area contributed by atoms with Crippen LogP contribution in [0.25, 0.3) is 0 Å². The van der Waals surface area contributed by atoms with Crippen molar-refractivity contribution in [3.05, 3.63) is 12.2 Å². The van der Waals surface area contributed by atoms with Gasteiger partial charge in [-0.25, -0.2) is 4.99 Å². The number of nitrogens with two attached hydrogens (primary N) is 2. The fourth-order valence-corrected chi connectivity index (χ4v) is 10.4. The van der Waals surface area contributed by atoms with Crippen LogP contribution >= 0.6 is 0 Å². The molecule has 13 heteroatoms. The molecule has 0 saturated carbocycles. The summed E-state index contributed by atoms with van der Waals surface area (Å²) >= 11 is 0. The van der Waals surface area contributed by atoms with Crippen LogP contribution in [0.3, 0.4) is 0 Å². The highest BCUT2D eigenvalue weighted by Crippen LogP contribution is 2.54. The Morgan fingerprint density at radius 1 is 0.949 bits per heavy atom. The second-order valence-electron chi connectivity index (χ2n) is 18.4. The number of carbonyl (C=O) groups excluding carboxylic acids is 2. The van der Waals surface area contributed by atoms with Crippen molar-refractivity contribution in [3.63, 3.8) is 0 Å². The normalized spacial score (nSPS) is 30.5. The van der Waals surface area contributed by atoms with E-state index in [1.165, 1.54) is 51.4 Å². The summed E-state index contributed by atoms with van der Waals surface area (Å²) in [7, 11) is 0. The Labute approximate surface area is 355 Å². The van der Waals surface area contributed by atoms with Crippen molar-refractivity contribution < 1.29 is 34.0 Å². The number of esters is 1. The Morgan fingerprint density at radius 3 is 2.27 bits per heavy atom. The Kier molecular flexibility index (Phi) is 19.3. The van der Waals surface area contributed by atoms with E-state index in [-0.39, 0.29) is 24.2 Å². The molecule has 0 unspecified atom stereocenters. The molecule has 0 bridgehead atoms. The van der Waals surface area contributed by atoms with Crippen molar-refractivity contribution in [2.24, 2.45) is 22.4 Å². The molecule has 5 rings (SSSR count). The van der Waals surface area contributed by atoms with Crippen LogP contribution in [0.1, 0.15) is 181 Å². The molecule has 7 N–H and O–H groups in total. The Hall–Kier alpha value is -2.29. The van der Waals surface area contributed by atoms with E-state index >= 15 is 0 Å². The highest BCUT2D eigenvalue weighted by molar-refractivity contribution is 5.87. The highest BCUT2D eigenvalue weighted by Gasteiger charge is 2.69. The van der Waals surface area contributed by atoms with Crippen LogP contribution in [0, 0.1) is 5.92 Å². The molecule has 0 aromatic carbocycles. The molecule has 0 aromatic heterocycles. The number of guanidine groups is 1. The van der Waals surface area contributed by atoms with Crippen LogP contribution in [0.2, 0.25) is 0 Å². The molecule has 3 saturated heterocycles. The van der Waals surface area contributed by atoms with E-state index in [2.05, 4.69) is 24.4 Å². The van der Waals surface area contributed by atoms with E-state index in [4.69, 9.17) is 30.7 Å². The number of aliphatic imine (C=N–C) groups is 1. The molecular formula is C46H82N6O7. The van der Waals surface area contributed by atoms with Gasteiger partial charge in [-0.3, -0.25) is 9.59 Å². The average molecular weight is 831 g/mol. The number of aliphatic hydroxyl groups excluding tert-OH is 1. The van der Waals surface area contributed by atoms with Crippen LogP contribution in [-0.4, -0.2) is 112 Å². The van der Waals surface area contributed by atoms with Crippen LogP contribution in [0.15, 0.2) is 17.1 Å². The van der Waals surface area contributed by atoms with Gasteiger partial charge in [0.1, 0.15) is 5.72 Å². The van der Waals surface area contributed by atoms with Gasteiger partial charge in [-0.2, -0.15) is 0 Å². The van der Waals surface area contributed by atoms with Crippen LogP contribution in [0.5, 0.6) is 0 Å². The van der Waals surface area contributed by atoms with Crippen molar-refractivity contribution in [1.82, 2.24) is 15.1 Å². The van der Waals surface area contributed by atoms with E-state index in [0.717, 1.165) is 89.9 Å². The van der Waals surface area contributed by atoms with Gasteiger partial charge in [-0.1, -0.05) is 96.1 Å². The van der Waals surface area contributed by atoms with Crippen molar-refractivity contribution in [2.45, 2.75) is 222 Å². The molecule has 338 valence electrons. The summed E-state index contributed by atoms with van der Waals surface area (Å²) in [5.74, 6) is -0.579. The maximum Gasteiger partial charge on any atom is 0.318 e. The first-order valence-electron chi connectivity index (χ1n) is 24.0. The summed E-state index contributed by atoms with van der Waals surface area (Å²) in [4.78, 5) is 35.8. The zero-order valence-corrected chi connectivity index (χ0v) is 36.9. The summed E-state index contributed by atoms with van der Waals surface area (Å²) in [6.45, 7) is 6.43. The number of carbonyl (C=O) groups is 2. The number of nitrogens with zero attached hydrogens (tertiary/aromatic N) is 3. The first kappa shape index (κ1) is 47.8. The standard InChI is InChI=1S/C46H82N6O7/c1-3-39-23-17-18-27-44(59-39)34-37-25-29-46(56)41(45(28-20-22-36(2)58-45)50-43(49-44)52(37)46)42(55)57-33-19-15-13-11-9-7-5-4-6-8-10-12-14-16-24-40(54)51(32-21-30-47)35-38(53)26-31-48/h17,23,36-39,41,53,56H,3-16,18-22,24-35,47-48H2,1-2H3,(H,49,50)/t36-,37+,38+,39+,41-,44+,45-,46+/m0/s1. The maximum absolute atomic E-state index is 14.1. The third-order valence-electron chi connectivity index (χ3n) is 13.5. The number of unbranched alkanes of at least 4 members (excludes halogenated alkanes) is 13. The Morgan fingerprint density at radius 2 is 1.63 bits per heavy atom. The lowest BCUT2D eigenvalue weighted by atomic mass is 9.78. The summed E-state index contributed by atoms with van der Waals surface area (Å²) in [6.07, 6.45) is 28.5. The number of ether oxygens (including phenoxy) is 3. The number of hydrogen-bond donors (Lipinski definition) is 5. The molecule has 1 amide bonds. The molecule has 0 aromatic rings. The van der Waals surface area contributed by atoms with E-state index in [1.807, 2.05) is 11.8 Å². The van der Waals surface area contributed by atoms with Crippen LogP contribution in [0.4, 0.5) is 0 Å². The lowest BCUT2D eigenvalue weighted by molar-refractivity contribution is -0.243. The largest absolute Gasteiger partial charge is 0.465 e. The molecular weight excluding hydrogens is 749 g/mol. The van der Waals surface area contributed by atoms with Crippen LogP contribution < -0.4 is 16.8 Å². The molecule has 5 heterocycles. The van der Waals surface area contributed by atoms with E-state index < -0.39 is 35.2 Å². The summed E-state index contributed by atoms with van der Waals surface area (Å²) in [6, 6.07) is 0.0167. The fraction of sp³-hybridized carbons (Fsp3) is 0.891. The van der Waals surface area contributed by atoms with Crippen molar-refractivity contribution in [2.75, 3.05) is 32.8 Å². The van der Waals surface area contributed by atoms with Crippen LogP contribution in [-0.2, 0) is 23.8 Å². The molecule has 13 nitrogen and oxygen atoms in total. The molecule has 59 heavy (non-hydrogen) atoms. The van der Waals surface area contributed by atoms with Gasteiger partial charge in [0.2, 0.25) is 11.9 Å².